The summed E-state index contributed by atoms with van der Waals surface area (Å²) in [6.45, 7) is 11.2. The zero-order valence-electron chi connectivity index (χ0n) is 21.6. The van der Waals surface area contributed by atoms with Crippen LogP contribution in [0.5, 0.6) is 0 Å². The van der Waals surface area contributed by atoms with Gasteiger partial charge in [0.25, 0.3) is 6.43 Å². The second-order valence-electron chi connectivity index (χ2n) is 9.30. The van der Waals surface area contributed by atoms with E-state index < -0.39 is 12.0 Å². The number of ether oxygens (including phenoxy) is 2. The summed E-state index contributed by atoms with van der Waals surface area (Å²) in [7, 11) is 0. The smallest absolute Gasteiger partial charge is 0.263 e. The minimum Gasteiger partial charge on any atom is -0.480 e. The predicted octanol–water partition coefficient (Wildman–Crippen LogP) is 8.42. The minimum absolute atomic E-state index is 0.0174. The molecule has 1 aliphatic rings. The molecule has 196 valence electrons. The fourth-order valence-electron chi connectivity index (χ4n) is 4.14. The third-order valence-corrected chi connectivity index (χ3v) is 7.34. The summed E-state index contributed by atoms with van der Waals surface area (Å²) in [6, 6.07) is 12.2. The predicted molar refractivity (Wildman–Crippen MR) is 145 cm³/mol. The quantitative estimate of drug-likeness (QED) is 0.306. The number of alkyl halides is 2. The maximum absolute atomic E-state index is 13.0. The van der Waals surface area contributed by atoms with Gasteiger partial charge in [-0.25, -0.2) is 18.8 Å². The highest BCUT2D eigenvalue weighted by atomic mass is 35.5. The highest BCUT2D eigenvalue weighted by molar-refractivity contribution is 7.99. The van der Waals surface area contributed by atoms with Crippen molar-refractivity contribution in [2.24, 2.45) is 15.9 Å². The van der Waals surface area contributed by atoms with Crippen molar-refractivity contribution in [1.29, 1.82) is 0 Å². The van der Waals surface area contributed by atoms with Crippen LogP contribution in [0.1, 0.15) is 65.0 Å². The van der Waals surface area contributed by atoms with Crippen molar-refractivity contribution < 1.29 is 18.3 Å². The summed E-state index contributed by atoms with van der Waals surface area (Å²) in [5, 5.41) is 0.663. The van der Waals surface area contributed by atoms with E-state index in [-0.39, 0.29) is 17.5 Å². The molecule has 0 spiro atoms. The molecule has 8 heteroatoms. The molecule has 0 amide bonds. The van der Waals surface area contributed by atoms with E-state index in [1.54, 1.807) is 6.07 Å². The maximum Gasteiger partial charge on any atom is 0.263 e. The van der Waals surface area contributed by atoms with Crippen LogP contribution in [0, 0.1) is 5.92 Å². The van der Waals surface area contributed by atoms with E-state index in [2.05, 4.69) is 13.8 Å². The Balaban J connectivity index is 1.69. The SMILES string of the molecule is CCOC1=N[C@](C)(CCCc2ccc(Sc3cccc(C(F)F)c3)cc2Cl)C(OCC)=N[C@H]1C(C)C. The molecule has 0 saturated carbocycles. The molecule has 2 atom stereocenters. The van der Waals surface area contributed by atoms with Crippen molar-refractivity contribution in [1.82, 2.24) is 0 Å². The zero-order chi connectivity index (χ0) is 26.3. The molecule has 0 N–H and O–H groups in total. The molecule has 4 nitrogen and oxygen atoms in total. The van der Waals surface area contributed by atoms with Crippen molar-refractivity contribution in [2.75, 3.05) is 13.2 Å². The molecule has 0 aromatic heterocycles. The van der Waals surface area contributed by atoms with Gasteiger partial charge in [0.1, 0.15) is 11.6 Å². The Labute approximate surface area is 222 Å². The topological polar surface area (TPSA) is 43.2 Å². The number of benzene rings is 2. The molecular formula is C28H35ClF2N2O2S. The second-order valence-corrected chi connectivity index (χ2v) is 10.8. The van der Waals surface area contributed by atoms with Crippen LogP contribution in [0.4, 0.5) is 8.78 Å². The highest BCUT2D eigenvalue weighted by Crippen LogP contribution is 2.34. The van der Waals surface area contributed by atoms with Gasteiger partial charge in [-0.2, -0.15) is 0 Å². The molecule has 3 rings (SSSR count). The molecule has 0 aliphatic carbocycles. The first-order valence-electron chi connectivity index (χ1n) is 12.4. The molecule has 0 fully saturated rings. The Morgan fingerprint density at radius 2 is 1.78 bits per heavy atom. The van der Waals surface area contributed by atoms with Gasteiger partial charge >= 0.3 is 0 Å². The maximum atomic E-state index is 13.0. The highest BCUT2D eigenvalue weighted by Gasteiger charge is 2.39. The summed E-state index contributed by atoms with van der Waals surface area (Å²) in [5.41, 5.74) is 0.457. The van der Waals surface area contributed by atoms with E-state index in [1.807, 2.05) is 45.0 Å². The molecule has 1 heterocycles. The fraction of sp³-hybridized carbons (Fsp3) is 0.500. The van der Waals surface area contributed by atoms with Crippen molar-refractivity contribution >= 4 is 35.2 Å². The van der Waals surface area contributed by atoms with E-state index >= 15 is 0 Å². The number of hydrogen-bond donors (Lipinski definition) is 0. The molecule has 0 bridgehead atoms. The number of rotatable bonds is 10. The first kappa shape index (κ1) is 28.5. The number of nitrogens with zero attached hydrogens (tertiary/aromatic N) is 2. The van der Waals surface area contributed by atoms with E-state index in [0.717, 1.165) is 34.6 Å². The molecule has 0 saturated heterocycles. The number of aliphatic imine (C=N–C) groups is 2. The number of hydrogen-bond acceptors (Lipinski definition) is 5. The van der Waals surface area contributed by atoms with Gasteiger partial charge in [0.05, 0.1) is 13.2 Å². The molecule has 0 radical (unpaired) electrons. The Morgan fingerprint density at radius 3 is 2.42 bits per heavy atom. The average molecular weight is 537 g/mol. The summed E-state index contributed by atoms with van der Waals surface area (Å²) in [5.74, 6) is 1.59. The minimum atomic E-state index is -2.49. The van der Waals surface area contributed by atoms with Crippen LogP contribution in [0.3, 0.4) is 0 Å². The van der Waals surface area contributed by atoms with Crippen LogP contribution in [0.15, 0.2) is 62.2 Å². The summed E-state index contributed by atoms with van der Waals surface area (Å²) < 4.78 is 37.8. The zero-order valence-corrected chi connectivity index (χ0v) is 23.1. The lowest BCUT2D eigenvalue weighted by Crippen LogP contribution is -2.45. The number of aryl methyl sites for hydroxylation is 1. The van der Waals surface area contributed by atoms with Gasteiger partial charge in [-0.3, -0.25) is 0 Å². The lowest BCUT2D eigenvalue weighted by atomic mass is 9.91. The van der Waals surface area contributed by atoms with Crippen molar-refractivity contribution in [2.45, 2.75) is 81.7 Å². The van der Waals surface area contributed by atoms with E-state index in [4.69, 9.17) is 31.1 Å². The Morgan fingerprint density at radius 1 is 1.06 bits per heavy atom. The van der Waals surface area contributed by atoms with E-state index in [1.165, 1.54) is 23.9 Å². The van der Waals surface area contributed by atoms with Crippen LogP contribution in [-0.4, -0.2) is 36.6 Å². The van der Waals surface area contributed by atoms with Crippen molar-refractivity contribution in [3.63, 3.8) is 0 Å². The van der Waals surface area contributed by atoms with Gasteiger partial charge in [-0.1, -0.05) is 55.4 Å². The average Bonchev–Trinajstić information content (AvgIpc) is 2.82. The summed E-state index contributed by atoms with van der Waals surface area (Å²) in [6.07, 6.45) is -0.144. The van der Waals surface area contributed by atoms with Crippen LogP contribution >= 0.6 is 23.4 Å². The van der Waals surface area contributed by atoms with Gasteiger partial charge in [-0.05, 0) is 75.8 Å². The second kappa shape index (κ2) is 12.9. The fourth-order valence-corrected chi connectivity index (χ4v) is 5.40. The molecule has 2 aromatic rings. The van der Waals surface area contributed by atoms with Crippen molar-refractivity contribution in [3.05, 3.63) is 58.6 Å². The van der Waals surface area contributed by atoms with Crippen molar-refractivity contribution in [3.8, 4) is 0 Å². The van der Waals surface area contributed by atoms with E-state index in [0.29, 0.717) is 30.0 Å². The first-order valence-corrected chi connectivity index (χ1v) is 13.6. The lowest BCUT2D eigenvalue weighted by molar-refractivity contribution is 0.151. The third-order valence-electron chi connectivity index (χ3n) is 6.01. The summed E-state index contributed by atoms with van der Waals surface area (Å²) in [4.78, 5) is 11.6. The van der Waals surface area contributed by atoms with Gasteiger partial charge < -0.3 is 9.47 Å². The Kier molecular flexibility index (Phi) is 10.2. The molecule has 36 heavy (non-hydrogen) atoms. The summed E-state index contributed by atoms with van der Waals surface area (Å²) >= 11 is 8.02. The number of halogens is 3. The van der Waals surface area contributed by atoms with Crippen LogP contribution in [0.2, 0.25) is 5.02 Å². The first-order chi connectivity index (χ1) is 17.2. The molecule has 0 unspecified atom stereocenters. The van der Waals surface area contributed by atoms with E-state index in [9.17, 15) is 8.78 Å². The third kappa shape index (κ3) is 7.22. The Bertz CT molecular complexity index is 1090. The van der Waals surface area contributed by atoms with Gasteiger partial charge in [0, 0.05) is 20.4 Å². The molecular weight excluding hydrogens is 502 g/mol. The Hall–Kier alpha value is -2.12. The molecule has 2 aromatic carbocycles. The largest absolute Gasteiger partial charge is 0.480 e. The lowest BCUT2D eigenvalue weighted by Gasteiger charge is -2.34. The van der Waals surface area contributed by atoms with Gasteiger partial charge in [0.15, 0.2) is 0 Å². The van der Waals surface area contributed by atoms with Crippen LogP contribution in [0.25, 0.3) is 0 Å². The van der Waals surface area contributed by atoms with Crippen LogP contribution < -0.4 is 0 Å². The normalized spacial score (nSPS) is 19.9. The monoisotopic (exact) mass is 536 g/mol. The standard InChI is InChI=1S/C28H35ClF2N2O2S/c1-6-34-26-24(18(3)4)32-27(35-7-2)28(5,33-26)15-9-11-19-13-14-22(17-23(19)29)36-21-12-8-10-20(16-21)25(30)31/h8,10,12-14,16-18,24-25H,6-7,9,11,15H2,1-5H3/t24-,28+/m0/s1. The molecule has 1 aliphatic heterocycles. The van der Waals surface area contributed by atoms with Gasteiger partial charge in [0.2, 0.25) is 11.8 Å². The van der Waals surface area contributed by atoms with Crippen LogP contribution in [-0.2, 0) is 15.9 Å². The van der Waals surface area contributed by atoms with Gasteiger partial charge in [-0.15, -0.1) is 0 Å².